The third-order valence-corrected chi connectivity index (χ3v) is 6.46. The summed E-state index contributed by atoms with van der Waals surface area (Å²) in [4.78, 5) is 19.6. The Morgan fingerprint density at radius 2 is 1.70 bits per heavy atom. The fourth-order valence-corrected chi connectivity index (χ4v) is 4.41. The van der Waals surface area contributed by atoms with Gasteiger partial charge < -0.3 is 9.80 Å². The van der Waals surface area contributed by atoms with Gasteiger partial charge in [0.2, 0.25) is 5.91 Å². The van der Waals surface area contributed by atoms with Crippen LogP contribution in [-0.2, 0) is 11.2 Å². The molecule has 27 heavy (non-hydrogen) atoms. The number of nitrogens with zero attached hydrogens (tertiary/aromatic N) is 3. The molecule has 0 saturated carbocycles. The number of piperidine rings is 1. The molecule has 1 atom stereocenters. The van der Waals surface area contributed by atoms with Gasteiger partial charge in [-0.1, -0.05) is 12.1 Å². The Morgan fingerprint density at radius 1 is 1.07 bits per heavy atom. The number of likely N-dealkylation sites (tertiary alicyclic amines) is 1. The summed E-state index contributed by atoms with van der Waals surface area (Å²) in [6.07, 6.45) is 4.51. The number of hydrogen-bond donors (Lipinski definition) is 0. The van der Waals surface area contributed by atoms with Gasteiger partial charge in [-0.15, -0.1) is 0 Å². The lowest BCUT2D eigenvalue weighted by molar-refractivity contribution is -0.133. The molecule has 150 valence electrons. The average molecular weight is 376 g/mol. The van der Waals surface area contributed by atoms with Gasteiger partial charge in [0, 0.05) is 51.7 Å². The summed E-state index contributed by atoms with van der Waals surface area (Å²) in [6, 6.07) is 7.22. The molecule has 1 aromatic rings. The molecular weight excluding hydrogens is 341 g/mol. The summed E-state index contributed by atoms with van der Waals surface area (Å²) < 4.78 is 12.9. The van der Waals surface area contributed by atoms with E-state index < -0.39 is 0 Å². The van der Waals surface area contributed by atoms with Crippen LogP contribution in [0.15, 0.2) is 24.3 Å². The van der Waals surface area contributed by atoms with Crippen LogP contribution in [0.2, 0.25) is 0 Å². The number of likely N-dealkylation sites (N-methyl/N-ethyl adjacent to an activating group) is 1. The quantitative estimate of drug-likeness (QED) is 0.765. The molecule has 0 bridgehead atoms. The minimum absolute atomic E-state index is 0.205. The average Bonchev–Trinajstić information content (AvgIpc) is 2.69. The van der Waals surface area contributed by atoms with Crippen LogP contribution in [0.25, 0.3) is 0 Å². The number of rotatable bonds is 6. The van der Waals surface area contributed by atoms with E-state index in [-0.39, 0.29) is 11.7 Å². The smallest absolute Gasteiger partial charge is 0.222 e. The summed E-state index contributed by atoms with van der Waals surface area (Å²) in [6.45, 7) is 8.83. The topological polar surface area (TPSA) is 26.8 Å². The van der Waals surface area contributed by atoms with E-state index in [4.69, 9.17) is 0 Å². The zero-order valence-corrected chi connectivity index (χ0v) is 16.9. The Labute approximate surface area is 163 Å². The maximum absolute atomic E-state index is 12.9. The molecule has 0 unspecified atom stereocenters. The standard InChI is InChI=1S/C22H34FN3O/c1-18(25-16-14-24(2)15-17-25)20-10-12-26(13-11-20)22(27)5-3-4-19-6-8-21(23)9-7-19/h6-9,18,20H,3-5,10-17H2,1-2H3/t18-/m1/s1. The van der Waals surface area contributed by atoms with Crippen LogP contribution in [0, 0.1) is 11.7 Å². The monoisotopic (exact) mass is 375 g/mol. The van der Waals surface area contributed by atoms with E-state index >= 15 is 0 Å². The van der Waals surface area contributed by atoms with Crippen LogP contribution in [0.5, 0.6) is 0 Å². The van der Waals surface area contributed by atoms with Crippen molar-refractivity contribution in [3.8, 4) is 0 Å². The van der Waals surface area contributed by atoms with Gasteiger partial charge in [-0.25, -0.2) is 4.39 Å². The number of halogens is 1. The minimum atomic E-state index is -0.205. The second-order valence-corrected chi connectivity index (χ2v) is 8.28. The van der Waals surface area contributed by atoms with E-state index in [2.05, 4.69) is 28.7 Å². The molecule has 2 fully saturated rings. The van der Waals surface area contributed by atoms with Crippen molar-refractivity contribution < 1.29 is 9.18 Å². The highest BCUT2D eigenvalue weighted by Gasteiger charge is 2.30. The van der Waals surface area contributed by atoms with Gasteiger partial charge in [0.05, 0.1) is 0 Å². The highest BCUT2D eigenvalue weighted by atomic mass is 19.1. The molecule has 0 N–H and O–H groups in total. The first-order chi connectivity index (χ1) is 13.0. The SMILES string of the molecule is C[C@H](C1CCN(C(=O)CCCc2ccc(F)cc2)CC1)N1CCN(C)CC1. The third-order valence-electron chi connectivity index (χ3n) is 6.46. The molecule has 4 nitrogen and oxygen atoms in total. The van der Waals surface area contributed by atoms with Crippen molar-refractivity contribution in [2.24, 2.45) is 5.92 Å². The second-order valence-electron chi connectivity index (χ2n) is 8.28. The van der Waals surface area contributed by atoms with Crippen molar-refractivity contribution in [1.82, 2.24) is 14.7 Å². The molecule has 1 aromatic carbocycles. The number of hydrogen-bond acceptors (Lipinski definition) is 3. The molecule has 0 spiro atoms. The fraction of sp³-hybridized carbons (Fsp3) is 0.682. The third kappa shape index (κ3) is 5.76. The first-order valence-electron chi connectivity index (χ1n) is 10.5. The first kappa shape index (κ1) is 20.3. The van der Waals surface area contributed by atoms with Gasteiger partial charge in [0.1, 0.15) is 5.82 Å². The molecule has 2 aliphatic rings. The lowest BCUT2D eigenvalue weighted by Crippen LogP contribution is -2.52. The van der Waals surface area contributed by atoms with Gasteiger partial charge in [0.15, 0.2) is 0 Å². The molecule has 2 heterocycles. The summed E-state index contributed by atoms with van der Waals surface area (Å²) in [5, 5.41) is 0. The lowest BCUT2D eigenvalue weighted by atomic mass is 9.89. The Balaban J connectivity index is 1.36. The molecule has 2 saturated heterocycles. The Hall–Kier alpha value is -1.46. The van der Waals surface area contributed by atoms with E-state index in [0.29, 0.717) is 18.4 Å². The lowest BCUT2D eigenvalue weighted by Gasteiger charge is -2.42. The first-order valence-corrected chi connectivity index (χ1v) is 10.5. The van der Waals surface area contributed by atoms with E-state index in [1.807, 2.05) is 12.1 Å². The maximum atomic E-state index is 12.9. The zero-order chi connectivity index (χ0) is 19.2. The van der Waals surface area contributed by atoms with Crippen LogP contribution < -0.4 is 0 Å². The van der Waals surface area contributed by atoms with Gasteiger partial charge in [0.25, 0.3) is 0 Å². The number of carbonyl (C=O) groups excluding carboxylic acids is 1. The van der Waals surface area contributed by atoms with Crippen molar-refractivity contribution in [2.45, 2.75) is 45.1 Å². The van der Waals surface area contributed by atoms with Gasteiger partial charge in [-0.2, -0.15) is 0 Å². The second kappa shape index (κ2) is 9.65. The summed E-state index contributed by atoms with van der Waals surface area (Å²) in [7, 11) is 2.20. The predicted molar refractivity (Wildman–Crippen MR) is 107 cm³/mol. The van der Waals surface area contributed by atoms with Crippen LogP contribution in [0.1, 0.15) is 38.2 Å². The summed E-state index contributed by atoms with van der Waals surface area (Å²) >= 11 is 0. The van der Waals surface area contributed by atoms with Crippen molar-refractivity contribution in [3.63, 3.8) is 0 Å². The largest absolute Gasteiger partial charge is 0.343 e. The number of benzene rings is 1. The van der Waals surface area contributed by atoms with Crippen LogP contribution in [-0.4, -0.2) is 73.0 Å². The van der Waals surface area contributed by atoms with Crippen LogP contribution in [0.3, 0.4) is 0 Å². The molecule has 5 heteroatoms. The van der Waals surface area contributed by atoms with Crippen LogP contribution >= 0.6 is 0 Å². The number of amides is 1. The van der Waals surface area contributed by atoms with Crippen LogP contribution in [0.4, 0.5) is 4.39 Å². The maximum Gasteiger partial charge on any atom is 0.222 e. The Morgan fingerprint density at radius 3 is 2.33 bits per heavy atom. The molecule has 0 aromatic heterocycles. The molecule has 1 amide bonds. The van der Waals surface area contributed by atoms with E-state index in [9.17, 15) is 9.18 Å². The minimum Gasteiger partial charge on any atom is -0.343 e. The number of aryl methyl sites for hydroxylation is 1. The van der Waals surface area contributed by atoms with Crippen molar-refractivity contribution in [2.75, 3.05) is 46.3 Å². The molecule has 0 radical (unpaired) electrons. The van der Waals surface area contributed by atoms with Crippen molar-refractivity contribution >= 4 is 5.91 Å². The molecular formula is C22H34FN3O. The van der Waals surface area contributed by atoms with E-state index in [1.165, 1.54) is 25.2 Å². The summed E-state index contributed by atoms with van der Waals surface area (Å²) in [5.41, 5.74) is 1.10. The highest BCUT2D eigenvalue weighted by molar-refractivity contribution is 5.76. The summed E-state index contributed by atoms with van der Waals surface area (Å²) in [5.74, 6) is 0.781. The Kier molecular flexibility index (Phi) is 7.25. The fourth-order valence-electron chi connectivity index (χ4n) is 4.41. The number of piperazine rings is 1. The Bertz CT molecular complexity index is 590. The zero-order valence-electron chi connectivity index (χ0n) is 16.9. The van der Waals surface area contributed by atoms with E-state index in [1.54, 1.807) is 0 Å². The predicted octanol–water partition coefficient (Wildman–Crippen LogP) is 3.02. The van der Waals surface area contributed by atoms with Crippen molar-refractivity contribution in [3.05, 3.63) is 35.6 Å². The van der Waals surface area contributed by atoms with Crippen molar-refractivity contribution in [1.29, 1.82) is 0 Å². The van der Waals surface area contributed by atoms with Gasteiger partial charge in [-0.05, 0) is 63.3 Å². The highest BCUT2D eigenvalue weighted by Crippen LogP contribution is 2.25. The molecule has 0 aliphatic carbocycles. The van der Waals surface area contributed by atoms with Gasteiger partial charge in [-0.3, -0.25) is 9.69 Å². The van der Waals surface area contributed by atoms with E-state index in [0.717, 1.165) is 57.4 Å². The molecule has 3 rings (SSSR count). The van der Waals surface area contributed by atoms with Gasteiger partial charge >= 0.3 is 0 Å². The normalized spacial score (nSPS) is 21.4. The number of carbonyl (C=O) groups is 1. The molecule has 2 aliphatic heterocycles.